The largest absolute Gasteiger partial charge is 0.462 e. The van der Waals surface area contributed by atoms with Crippen molar-refractivity contribution in [2.75, 3.05) is 6.61 Å². The van der Waals surface area contributed by atoms with Crippen molar-refractivity contribution in [1.29, 1.82) is 0 Å². The number of benzene rings is 1. The number of carbonyl (C=O) groups is 2. The van der Waals surface area contributed by atoms with E-state index in [0.717, 1.165) is 5.56 Å². The molecule has 1 N–H and O–H groups in total. The predicted molar refractivity (Wildman–Crippen MR) is 91.5 cm³/mol. The van der Waals surface area contributed by atoms with E-state index >= 15 is 0 Å². The van der Waals surface area contributed by atoms with E-state index in [2.05, 4.69) is 4.98 Å². The van der Waals surface area contributed by atoms with E-state index in [1.165, 1.54) is 0 Å². The van der Waals surface area contributed by atoms with Crippen LogP contribution in [0.25, 0.3) is 0 Å². The van der Waals surface area contributed by atoms with Gasteiger partial charge >= 0.3 is 11.9 Å². The molecule has 1 aromatic carbocycles. The first kappa shape index (κ1) is 18.1. The van der Waals surface area contributed by atoms with Gasteiger partial charge in [0.25, 0.3) is 0 Å². The molecule has 0 aliphatic rings. The average molecular weight is 350 g/mol. The Kier molecular flexibility index (Phi) is 5.67. The van der Waals surface area contributed by atoms with E-state index in [0.29, 0.717) is 21.8 Å². The molecule has 0 amide bonds. The lowest BCUT2D eigenvalue weighted by atomic mass is 10.1. The molecule has 0 fully saturated rings. The van der Waals surface area contributed by atoms with Crippen LogP contribution in [0, 0.1) is 13.8 Å². The predicted octanol–water partition coefficient (Wildman–Crippen LogP) is 4.38. The van der Waals surface area contributed by atoms with Gasteiger partial charge < -0.3 is 14.5 Å². The van der Waals surface area contributed by atoms with Gasteiger partial charge in [-0.3, -0.25) is 0 Å². The number of nitrogens with one attached hydrogen (secondary N) is 1. The lowest BCUT2D eigenvalue weighted by molar-refractivity contribution is 0.0331. The maximum Gasteiger partial charge on any atom is 0.355 e. The first-order valence-electron chi connectivity index (χ1n) is 7.68. The van der Waals surface area contributed by atoms with Crippen LogP contribution in [-0.2, 0) is 9.47 Å². The molecule has 1 heterocycles. The summed E-state index contributed by atoms with van der Waals surface area (Å²) in [6.07, 6.45) is -0.514. The highest BCUT2D eigenvalue weighted by Crippen LogP contribution is 2.27. The Morgan fingerprint density at radius 2 is 1.88 bits per heavy atom. The van der Waals surface area contributed by atoms with Gasteiger partial charge in [-0.2, -0.15) is 0 Å². The van der Waals surface area contributed by atoms with E-state index in [9.17, 15) is 9.59 Å². The summed E-state index contributed by atoms with van der Waals surface area (Å²) in [6.45, 7) is 7.15. The molecule has 128 valence electrons. The van der Waals surface area contributed by atoms with Crippen LogP contribution in [0.3, 0.4) is 0 Å². The van der Waals surface area contributed by atoms with Gasteiger partial charge in [0.05, 0.1) is 12.2 Å². The molecule has 0 spiro atoms. The molecule has 1 atom stereocenters. The average Bonchev–Trinajstić information content (AvgIpc) is 2.82. The maximum absolute atomic E-state index is 12.5. The maximum atomic E-state index is 12.5. The zero-order valence-electron chi connectivity index (χ0n) is 14.1. The SMILES string of the molecule is CCOC(=O)c1c(C)[nH]c(C(=O)O[C@@H](C)c2ccccc2Cl)c1C. The van der Waals surface area contributed by atoms with Gasteiger partial charge in [0.15, 0.2) is 0 Å². The molecular formula is C18H20ClNO4. The van der Waals surface area contributed by atoms with Crippen molar-refractivity contribution in [3.63, 3.8) is 0 Å². The fourth-order valence-electron chi connectivity index (χ4n) is 2.55. The number of H-pyrrole nitrogens is 1. The summed E-state index contributed by atoms with van der Waals surface area (Å²) in [5, 5.41) is 0.532. The zero-order valence-corrected chi connectivity index (χ0v) is 14.9. The van der Waals surface area contributed by atoms with Gasteiger partial charge in [-0.05, 0) is 39.3 Å². The normalized spacial score (nSPS) is 11.9. The van der Waals surface area contributed by atoms with Gasteiger partial charge in [-0.15, -0.1) is 0 Å². The van der Waals surface area contributed by atoms with Crippen LogP contribution in [0.1, 0.15) is 57.6 Å². The van der Waals surface area contributed by atoms with Crippen LogP contribution in [0.4, 0.5) is 0 Å². The number of hydrogen-bond donors (Lipinski definition) is 1. The highest BCUT2D eigenvalue weighted by Gasteiger charge is 2.25. The Hall–Kier alpha value is -2.27. The number of aromatic nitrogens is 1. The fourth-order valence-corrected chi connectivity index (χ4v) is 2.84. The second kappa shape index (κ2) is 7.53. The standard InChI is InChI=1S/C18H20ClNO4/c1-5-23-17(21)15-10(2)16(20-11(15)3)18(22)24-12(4)13-8-6-7-9-14(13)19/h6-9,12,20H,5H2,1-4H3/t12-/m0/s1. The Balaban J connectivity index is 2.23. The molecule has 0 radical (unpaired) electrons. The van der Waals surface area contributed by atoms with Crippen molar-refractivity contribution in [2.24, 2.45) is 0 Å². The van der Waals surface area contributed by atoms with Gasteiger partial charge in [0.2, 0.25) is 0 Å². The minimum Gasteiger partial charge on any atom is -0.462 e. The number of rotatable bonds is 5. The smallest absolute Gasteiger partial charge is 0.355 e. The number of esters is 2. The molecule has 0 aliphatic carbocycles. The van der Waals surface area contributed by atoms with Crippen LogP contribution < -0.4 is 0 Å². The van der Waals surface area contributed by atoms with E-state index in [1.807, 2.05) is 12.1 Å². The molecule has 0 aliphatic heterocycles. The third-order valence-electron chi connectivity index (χ3n) is 3.75. The summed E-state index contributed by atoms with van der Waals surface area (Å²) in [6, 6.07) is 7.18. The van der Waals surface area contributed by atoms with Gasteiger partial charge in [-0.25, -0.2) is 9.59 Å². The summed E-state index contributed by atoms with van der Waals surface area (Å²) >= 11 is 6.13. The number of halogens is 1. The van der Waals surface area contributed by atoms with Crippen LogP contribution in [0.15, 0.2) is 24.3 Å². The number of aryl methyl sites for hydroxylation is 1. The first-order valence-corrected chi connectivity index (χ1v) is 8.06. The van der Waals surface area contributed by atoms with Crippen molar-refractivity contribution < 1.29 is 19.1 Å². The molecule has 2 rings (SSSR count). The molecule has 0 saturated heterocycles. The summed E-state index contributed by atoms with van der Waals surface area (Å²) in [4.78, 5) is 27.4. The zero-order chi connectivity index (χ0) is 17.9. The second-order valence-corrected chi connectivity index (χ2v) is 5.82. The van der Waals surface area contributed by atoms with Crippen molar-refractivity contribution in [3.8, 4) is 0 Å². The third-order valence-corrected chi connectivity index (χ3v) is 4.09. The second-order valence-electron chi connectivity index (χ2n) is 5.41. The molecule has 0 bridgehead atoms. The topological polar surface area (TPSA) is 68.4 Å². The van der Waals surface area contributed by atoms with E-state index < -0.39 is 18.0 Å². The van der Waals surface area contributed by atoms with Crippen LogP contribution >= 0.6 is 11.6 Å². The van der Waals surface area contributed by atoms with E-state index in [1.54, 1.807) is 39.8 Å². The van der Waals surface area contributed by atoms with Gasteiger partial charge in [-0.1, -0.05) is 29.8 Å². The molecule has 5 nitrogen and oxygen atoms in total. The Labute approximate surface area is 145 Å². The number of ether oxygens (including phenoxy) is 2. The summed E-state index contributed by atoms with van der Waals surface area (Å²) in [5.74, 6) is -1.000. The van der Waals surface area contributed by atoms with E-state index in [-0.39, 0.29) is 12.3 Å². The van der Waals surface area contributed by atoms with Crippen LogP contribution in [-0.4, -0.2) is 23.5 Å². The monoisotopic (exact) mass is 349 g/mol. The molecular weight excluding hydrogens is 330 g/mol. The Bertz CT molecular complexity index is 766. The van der Waals surface area contributed by atoms with Gasteiger partial charge in [0, 0.05) is 16.3 Å². The molecule has 1 aromatic heterocycles. The molecule has 2 aromatic rings. The minimum atomic E-state index is -0.543. The quantitative estimate of drug-likeness (QED) is 0.813. The van der Waals surface area contributed by atoms with Crippen molar-refractivity contribution in [2.45, 2.75) is 33.8 Å². The van der Waals surface area contributed by atoms with Crippen molar-refractivity contribution >= 4 is 23.5 Å². The molecule has 0 saturated carbocycles. The molecule has 24 heavy (non-hydrogen) atoms. The lowest BCUT2D eigenvalue weighted by Crippen LogP contribution is -2.12. The summed E-state index contributed by atoms with van der Waals surface area (Å²) < 4.78 is 10.5. The third kappa shape index (κ3) is 3.62. The van der Waals surface area contributed by atoms with Crippen molar-refractivity contribution in [3.05, 3.63) is 57.4 Å². The Morgan fingerprint density at radius 3 is 2.50 bits per heavy atom. The minimum absolute atomic E-state index is 0.245. The van der Waals surface area contributed by atoms with E-state index in [4.69, 9.17) is 21.1 Å². The van der Waals surface area contributed by atoms with Gasteiger partial charge in [0.1, 0.15) is 11.8 Å². The first-order chi connectivity index (χ1) is 11.4. The molecule has 6 heteroatoms. The highest BCUT2D eigenvalue weighted by molar-refractivity contribution is 6.31. The number of aromatic amines is 1. The lowest BCUT2D eigenvalue weighted by Gasteiger charge is -2.14. The highest BCUT2D eigenvalue weighted by atomic mass is 35.5. The Morgan fingerprint density at radius 1 is 1.21 bits per heavy atom. The van der Waals surface area contributed by atoms with Crippen LogP contribution in [0.5, 0.6) is 0 Å². The summed E-state index contributed by atoms with van der Waals surface area (Å²) in [7, 11) is 0. The fraction of sp³-hybridized carbons (Fsp3) is 0.333. The number of carbonyl (C=O) groups excluding carboxylic acids is 2. The molecule has 0 unspecified atom stereocenters. The summed E-state index contributed by atoms with van der Waals surface area (Å²) in [5.41, 5.74) is 2.42. The van der Waals surface area contributed by atoms with Crippen molar-refractivity contribution in [1.82, 2.24) is 4.98 Å². The van der Waals surface area contributed by atoms with Crippen LogP contribution in [0.2, 0.25) is 5.02 Å². The number of hydrogen-bond acceptors (Lipinski definition) is 4.